The Labute approximate surface area is 137 Å². The molecule has 3 heterocycles. The lowest BCUT2D eigenvalue weighted by molar-refractivity contribution is 0.619. The minimum absolute atomic E-state index is 0.328. The molecule has 0 saturated heterocycles. The standard InChI is InChI=1S/C18H11N5O/c19-8-11-2-1-3-12(6-11)13-7-14(17(20)22-9-13)18-23-15-10-21-5-4-16(15)24-18/h1-7,9-10H,(H2,20,22). The van der Waals surface area contributed by atoms with Crippen molar-refractivity contribution in [2.45, 2.75) is 0 Å². The number of hydrogen-bond acceptors (Lipinski definition) is 6. The summed E-state index contributed by atoms with van der Waals surface area (Å²) in [5.41, 5.74) is 10.2. The zero-order valence-corrected chi connectivity index (χ0v) is 12.5. The first-order chi connectivity index (χ1) is 11.7. The molecule has 4 rings (SSSR count). The molecule has 0 bridgehead atoms. The Balaban J connectivity index is 1.85. The van der Waals surface area contributed by atoms with Crippen molar-refractivity contribution in [2.24, 2.45) is 0 Å². The van der Waals surface area contributed by atoms with Crippen LogP contribution in [0.5, 0.6) is 0 Å². The van der Waals surface area contributed by atoms with E-state index in [9.17, 15) is 0 Å². The number of fused-ring (bicyclic) bond motifs is 1. The molecule has 0 saturated carbocycles. The first-order valence-corrected chi connectivity index (χ1v) is 7.21. The molecule has 0 aliphatic carbocycles. The van der Waals surface area contributed by atoms with E-state index in [0.29, 0.717) is 33.9 Å². The summed E-state index contributed by atoms with van der Waals surface area (Å²) in [4.78, 5) is 12.7. The van der Waals surface area contributed by atoms with E-state index in [1.54, 1.807) is 36.8 Å². The van der Waals surface area contributed by atoms with Gasteiger partial charge in [-0.1, -0.05) is 12.1 Å². The molecule has 0 spiro atoms. The van der Waals surface area contributed by atoms with Gasteiger partial charge in [0.15, 0.2) is 5.58 Å². The van der Waals surface area contributed by atoms with Gasteiger partial charge in [-0.2, -0.15) is 5.26 Å². The molecule has 0 aliphatic rings. The average molecular weight is 313 g/mol. The molecule has 0 aliphatic heterocycles. The van der Waals surface area contributed by atoms with Crippen LogP contribution in [0.25, 0.3) is 33.7 Å². The third-order valence-corrected chi connectivity index (χ3v) is 3.66. The van der Waals surface area contributed by atoms with Gasteiger partial charge in [-0.05, 0) is 23.8 Å². The van der Waals surface area contributed by atoms with Gasteiger partial charge in [-0.3, -0.25) is 4.98 Å². The summed E-state index contributed by atoms with van der Waals surface area (Å²) in [7, 11) is 0. The molecule has 3 aromatic heterocycles. The van der Waals surface area contributed by atoms with Gasteiger partial charge >= 0.3 is 0 Å². The van der Waals surface area contributed by atoms with Crippen molar-refractivity contribution in [3.8, 4) is 28.7 Å². The highest BCUT2D eigenvalue weighted by molar-refractivity contribution is 5.80. The zero-order valence-electron chi connectivity index (χ0n) is 12.5. The lowest BCUT2D eigenvalue weighted by Crippen LogP contribution is -1.95. The molecule has 0 unspecified atom stereocenters. The Morgan fingerprint density at radius 3 is 2.83 bits per heavy atom. The van der Waals surface area contributed by atoms with E-state index in [4.69, 9.17) is 15.4 Å². The molecule has 114 valence electrons. The first kappa shape index (κ1) is 13.9. The third kappa shape index (κ3) is 2.34. The van der Waals surface area contributed by atoms with Crippen LogP contribution in [-0.4, -0.2) is 15.0 Å². The van der Waals surface area contributed by atoms with Crippen LogP contribution in [-0.2, 0) is 0 Å². The van der Waals surface area contributed by atoms with E-state index in [-0.39, 0.29) is 0 Å². The second-order valence-corrected chi connectivity index (χ2v) is 5.21. The van der Waals surface area contributed by atoms with Crippen LogP contribution < -0.4 is 5.73 Å². The molecular weight excluding hydrogens is 302 g/mol. The minimum atomic E-state index is 0.328. The average Bonchev–Trinajstić information content (AvgIpc) is 3.06. The van der Waals surface area contributed by atoms with E-state index < -0.39 is 0 Å². The Kier molecular flexibility index (Phi) is 3.18. The summed E-state index contributed by atoms with van der Waals surface area (Å²) in [6.45, 7) is 0. The number of hydrogen-bond donors (Lipinski definition) is 1. The molecule has 0 fully saturated rings. The van der Waals surface area contributed by atoms with Crippen molar-refractivity contribution in [1.82, 2.24) is 15.0 Å². The summed E-state index contributed by atoms with van der Waals surface area (Å²) in [6.07, 6.45) is 4.94. The highest BCUT2D eigenvalue weighted by Gasteiger charge is 2.14. The number of oxazole rings is 1. The van der Waals surface area contributed by atoms with Crippen molar-refractivity contribution < 1.29 is 4.42 Å². The van der Waals surface area contributed by atoms with Crippen LogP contribution in [0.1, 0.15) is 5.56 Å². The molecule has 2 N–H and O–H groups in total. The smallest absolute Gasteiger partial charge is 0.231 e. The Bertz CT molecular complexity index is 1060. The number of rotatable bonds is 2. The van der Waals surface area contributed by atoms with E-state index in [0.717, 1.165) is 11.1 Å². The number of nitrogen functional groups attached to an aromatic ring is 1. The normalized spacial score (nSPS) is 10.6. The molecule has 6 heteroatoms. The number of aromatic nitrogens is 3. The fraction of sp³-hybridized carbons (Fsp3) is 0. The van der Waals surface area contributed by atoms with Crippen molar-refractivity contribution >= 4 is 16.9 Å². The summed E-state index contributed by atoms with van der Waals surface area (Å²) in [5, 5.41) is 9.05. The number of nitrogens with two attached hydrogens (primary N) is 1. The predicted molar refractivity (Wildman–Crippen MR) is 89.6 cm³/mol. The number of benzene rings is 1. The van der Waals surface area contributed by atoms with E-state index in [1.165, 1.54) is 0 Å². The first-order valence-electron chi connectivity index (χ1n) is 7.21. The fourth-order valence-corrected chi connectivity index (χ4v) is 2.47. The van der Waals surface area contributed by atoms with Gasteiger partial charge in [-0.25, -0.2) is 9.97 Å². The Morgan fingerprint density at radius 1 is 1.08 bits per heavy atom. The molecular formula is C18H11N5O. The molecule has 1 aromatic carbocycles. The summed E-state index contributed by atoms with van der Waals surface area (Å²) < 4.78 is 5.75. The van der Waals surface area contributed by atoms with Crippen molar-refractivity contribution in [2.75, 3.05) is 5.73 Å². The molecule has 0 atom stereocenters. The lowest BCUT2D eigenvalue weighted by Gasteiger charge is -2.06. The third-order valence-electron chi connectivity index (χ3n) is 3.66. The van der Waals surface area contributed by atoms with E-state index in [2.05, 4.69) is 21.0 Å². The summed E-state index contributed by atoms with van der Waals surface area (Å²) in [5.74, 6) is 0.719. The van der Waals surface area contributed by atoms with Crippen LogP contribution >= 0.6 is 0 Å². The van der Waals surface area contributed by atoms with Crippen LogP contribution in [0.15, 0.2) is 59.4 Å². The fourth-order valence-electron chi connectivity index (χ4n) is 2.47. The number of pyridine rings is 2. The molecule has 4 aromatic rings. The topological polar surface area (TPSA) is 102 Å². The zero-order chi connectivity index (χ0) is 16.5. The second-order valence-electron chi connectivity index (χ2n) is 5.21. The number of anilines is 1. The predicted octanol–water partition coefficient (Wildman–Crippen LogP) is 3.41. The van der Waals surface area contributed by atoms with Gasteiger partial charge in [0.05, 0.1) is 23.4 Å². The summed E-state index contributed by atoms with van der Waals surface area (Å²) >= 11 is 0. The molecule has 6 nitrogen and oxygen atoms in total. The van der Waals surface area contributed by atoms with Gasteiger partial charge in [0.1, 0.15) is 11.3 Å². The maximum absolute atomic E-state index is 9.05. The van der Waals surface area contributed by atoms with Gasteiger partial charge in [0, 0.05) is 24.0 Å². The van der Waals surface area contributed by atoms with Crippen LogP contribution in [0.4, 0.5) is 5.82 Å². The van der Waals surface area contributed by atoms with Crippen molar-refractivity contribution in [3.05, 3.63) is 60.6 Å². The van der Waals surface area contributed by atoms with E-state index in [1.807, 2.05) is 18.2 Å². The number of nitrogens with zero attached hydrogens (tertiary/aromatic N) is 4. The molecule has 0 radical (unpaired) electrons. The lowest BCUT2D eigenvalue weighted by atomic mass is 10.0. The Hall–Kier alpha value is -3.72. The van der Waals surface area contributed by atoms with E-state index >= 15 is 0 Å². The van der Waals surface area contributed by atoms with Crippen LogP contribution in [0.3, 0.4) is 0 Å². The van der Waals surface area contributed by atoms with Crippen molar-refractivity contribution in [1.29, 1.82) is 5.26 Å². The SMILES string of the molecule is N#Cc1cccc(-c2cnc(N)c(-c3nc4cnccc4o3)c2)c1. The highest BCUT2D eigenvalue weighted by atomic mass is 16.3. The van der Waals surface area contributed by atoms with Crippen molar-refractivity contribution in [3.63, 3.8) is 0 Å². The molecule has 0 amide bonds. The van der Waals surface area contributed by atoms with Crippen LogP contribution in [0.2, 0.25) is 0 Å². The minimum Gasteiger partial charge on any atom is -0.436 e. The monoisotopic (exact) mass is 313 g/mol. The van der Waals surface area contributed by atoms with Gasteiger partial charge < -0.3 is 10.2 Å². The van der Waals surface area contributed by atoms with Gasteiger partial charge in [0.25, 0.3) is 0 Å². The largest absolute Gasteiger partial charge is 0.436 e. The van der Waals surface area contributed by atoms with Gasteiger partial charge in [-0.15, -0.1) is 0 Å². The molecule has 24 heavy (non-hydrogen) atoms. The summed E-state index contributed by atoms with van der Waals surface area (Å²) in [6, 6.07) is 13.0. The van der Waals surface area contributed by atoms with Gasteiger partial charge in [0.2, 0.25) is 5.89 Å². The number of nitriles is 1. The second kappa shape index (κ2) is 5.48. The highest BCUT2D eigenvalue weighted by Crippen LogP contribution is 2.31. The van der Waals surface area contributed by atoms with Crippen LogP contribution in [0, 0.1) is 11.3 Å². The maximum Gasteiger partial charge on any atom is 0.231 e. The quantitative estimate of drug-likeness (QED) is 0.608. The Morgan fingerprint density at radius 2 is 2.00 bits per heavy atom. The maximum atomic E-state index is 9.05.